The number of nitrogens with zero attached hydrogens (tertiary/aromatic N) is 3. The van der Waals surface area contributed by atoms with Crippen LogP contribution >= 0.6 is 0 Å². The molecule has 3 N–H and O–H groups in total. The number of nitrogens with one attached hydrogen (secondary N) is 1. The van der Waals surface area contributed by atoms with Crippen LogP contribution in [0.5, 0.6) is 0 Å². The van der Waals surface area contributed by atoms with Gasteiger partial charge in [0.25, 0.3) is 0 Å². The van der Waals surface area contributed by atoms with E-state index in [1.54, 1.807) is 20.8 Å². The van der Waals surface area contributed by atoms with Gasteiger partial charge in [0.15, 0.2) is 0 Å². The normalized spacial score (nSPS) is 18.8. The molecule has 2 heterocycles. The van der Waals surface area contributed by atoms with E-state index in [0.717, 1.165) is 0 Å². The van der Waals surface area contributed by atoms with Crippen molar-refractivity contribution in [3.05, 3.63) is 11.4 Å². The Hall–Kier alpha value is -2.38. The molecule has 1 unspecified atom stereocenters. The number of carbonyl (C=O) groups excluding carboxylic acids is 3. The minimum absolute atomic E-state index is 0.0407. The predicted molar refractivity (Wildman–Crippen MR) is 75.1 cm³/mol. The van der Waals surface area contributed by atoms with Crippen LogP contribution in [0.15, 0.2) is 0 Å². The third kappa shape index (κ3) is 2.74. The maximum atomic E-state index is 12.4. The van der Waals surface area contributed by atoms with E-state index < -0.39 is 17.9 Å². The molecule has 8 heteroatoms. The largest absolute Gasteiger partial charge is 0.396 e. The van der Waals surface area contributed by atoms with E-state index in [0.29, 0.717) is 23.5 Å². The third-order valence-electron chi connectivity index (χ3n) is 3.68. The van der Waals surface area contributed by atoms with E-state index in [-0.39, 0.29) is 19.0 Å². The Labute approximate surface area is 122 Å². The van der Waals surface area contributed by atoms with Crippen LogP contribution in [-0.2, 0) is 20.9 Å². The van der Waals surface area contributed by atoms with E-state index in [1.807, 2.05) is 0 Å². The summed E-state index contributed by atoms with van der Waals surface area (Å²) in [5, 5.41) is 6.43. The SMILES string of the molecule is CCC1C(=O)NC(=O)CN1C(=O)Cn1nc(C)c(N)c1C. The van der Waals surface area contributed by atoms with Crippen molar-refractivity contribution < 1.29 is 14.4 Å². The van der Waals surface area contributed by atoms with Gasteiger partial charge in [-0.25, -0.2) is 0 Å². The zero-order chi connectivity index (χ0) is 15.7. The van der Waals surface area contributed by atoms with E-state index in [4.69, 9.17) is 5.73 Å². The van der Waals surface area contributed by atoms with Crippen LogP contribution < -0.4 is 11.1 Å². The molecular weight excluding hydrogens is 274 g/mol. The molecule has 0 saturated carbocycles. The molecule has 1 aromatic rings. The van der Waals surface area contributed by atoms with Crippen molar-refractivity contribution >= 4 is 23.4 Å². The molecule has 1 saturated heterocycles. The van der Waals surface area contributed by atoms with Gasteiger partial charge in [-0.2, -0.15) is 5.10 Å². The molecule has 1 atom stereocenters. The number of nitrogens with two attached hydrogens (primary N) is 1. The maximum Gasteiger partial charge on any atom is 0.249 e. The fourth-order valence-corrected chi connectivity index (χ4v) is 2.42. The second kappa shape index (κ2) is 5.55. The lowest BCUT2D eigenvalue weighted by Gasteiger charge is -2.33. The first-order chi connectivity index (χ1) is 9.85. The van der Waals surface area contributed by atoms with E-state index in [1.165, 1.54) is 9.58 Å². The van der Waals surface area contributed by atoms with Gasteiger partial charge in [0.1, 0.15) is 19.1 Å². The average Bonchev–Trinajstić information content (AvgIpc) is 2.65. The number of hydrogen-bond acceptors (Lipinski definition) is 5. The number of imide groups is 1. The van der Waals surface area contributed by atoms with Gasteiger partial charge < -0.3 is 10.6 Å². The fourth-order valence-electron chi connectivity index (χ4n) is 2.42. The molecule has 1 fully saturated rings. The molecule has 8 nitrogen and oxygen atoms in total. The molecule has 1 aliphatic heterocycles. The van der Waals surface area contributed by atoms with Gasteiger partial charge in [0.05, 0.1) is 17.1 Å². The minimum Gasteiger partial charge on any atom is -0.396 e. The molecule has 3 amide bonds. The van der Waals surface area contributed by atoms with Crippen molar-refractivity contribution in [3.8, 4) is 0 Å². The number of carbonyl (C=O) groups is 3. The van der Waals surface area contributed by atoms with Crippen molar-refractivity contribution in [2.24, 2.45) is 0 Å². The second-order valence-electron chi connectivity index (χ2n) is 5.10. The topological polar surface area (TPSA) is 110 Å². The van der Waals surface area contributed by atoms with E-state index in [9.17, 15) is 14.4 Å². The number of nitrogen functional groups attached to an aromatic ring is 1. The number of aryl methyl sites for hydroxylation is 1. The summed E-state index contributed by atoms with van der Waals surface area (Å²) >= 11 is 0. The average molecular weight is 293 g/mol. The smallest absolute Gasteiger partial charge is 0.249 e. The molecule has 0 aromatic carbocycles. The van der Waals surface area contributed by atoms with Crippen molar-refractivity contribution in [2.45, 2.75) is 39.8 Å². The van der Waals surface area contributed by atoms with Gasteiger partial charge in [-0.05, 0) is 20.3 Å². The molecule has 1 aromatic heterocycles. The van der Waals surface area contributed by atoms with Gasteiger partial charge in [-0.1, -0.05) is 6.92 Å². The van der Waals surface area contributed by atoms with Gasteiger partial charge in [0, 0.05) is 0 Å². The summed E-state index contributed by atoms with van der Waals surface area (Å²) in [6.07, 6.45) is 0.449. The summed E-state index contributed by atoms with van der Waals surface area (Å²) in [6, 6.07) is -0.621. The minimum atomic E-state index is -0.621. The highest BCUT2D eigenvalue weighted by Crippen LogP contribution is 2.16. The maximum absolute atomic E-state index is 12.4. The first-order valence-corrected chi connectivity index (χ1v) is 6.77. The fraction of sp³-hybridized carbons (Fsp3) is 0.538. The van der Waals surface area contributed by atoms with Crippen LogP contribution in [0.2, 0.25) is 0 Å². The highest BCUT2D eigenvalue weighted by atomic mass is 16.2. The zero-order valence-electron chi connectivity index (χ0n) is 12.3. The first-order valence-electron chi connectivity index (χ1n) is 6.77. The number of hydrogen-bond donors (Lipinski definition) is 2. The van der Waals surface area contributed by atoms with Crippen LogP contribution in [0.25, 0.3) is 0 Å². The van der Waals surface area contributed by atoms with Crippen LogP contribution in [0, 0.1) is 13.8 Å². The quantitative estimate of drug-likeness (QED) is 0.719. The molecule has 0 aliphatic carbocycles. The van der Waals surface area contributed by atoms with Crippen molar-refractivity contribution in [2.75, 3.05) is 12.3 Å². The molecule has 114 valence electrons. The molecule has 0 radical (unpaired) electrons. The van der Waals surface area contributed by atoms with Crippen molar-refractivity contribution in [1.82, 2.24) is 20.0 Å². The van der Waals surface area contributed by atoms with Gasteiger partial charge >= 0.3 is 0 Å². The Morgan fingerprint density at radius 3 is 2.62 bits per heavy atom. The third-order valence-corrected chi connectivity index (χ3v) is 3.68. The zero-order valence-corrected chi connectivity index (χ0v) is 12.3. The highest BCUT2D eigenvalue weighted by molar-refractivity contribution is 6.04. The Morgan fingerprint density at radius 1 is 1.43 bits per heavy atom. The molecule has 21 heavy (non-hydrogen) atoms. The van der Waals surface area contributed by atoms with Crippen LogP contribution in [0.1, 0.15) is 24.7 Å². The molecule has 0 bridgehead atoms. The summed E-state index contributed by atoms with van der Waals surface area (Å²) < 4.78 is 1.50. The Bertz CT molecular complexity index is 607. The van der Waals surface area contributed by atoms with Crippen LogP contribution in [-0.4, -0.2) is 45.0 Å². The lowest BCUT2D eigenvalue weighted by Crippen LogP contribution is -2.60. The van der Waals surface area contributed by atoms with Crippen molar-refractivity contribution in [1.29, 1.82) is 0 Å². The van der Waals surface area contributed by atoms with Gasteiger partial charge in [-0.15, -0.1) is 0 Å². The van der Waals surface area contributed by atoms with Crippen LogP contribution in [0.3, 0.4) is 0 Å². The Morgan fingerprint density at radius 2 is 2.10 bits per heavy atom. The Balaban J connectivity index is 2.19. The summed E-state index contributed by atoms with van der Waals surface area (Å²) in [6.45, 7) is 5.17. The predicted octanol–water partition coefficient (Wildman–Crippen LogP) is -0.654. The lowest BCUT2D eigenvalue weighted by molar-refractivity contribution is -0.150. The monoisotopic (exact) mass is 293 g/mol. The summed E-state index contributed by atoms with van der Waals surface area (Å²) in [7, 11) is 0. The Kier molecular flexibility index (Phi) is 3.97. The first kappa shape index (κ1) is 15.0. The number of amides is 3. The number of anilines is 1. The second-order valence-corrected chi connectivity index (χ2v) is 5.10. The van der Waals surface area contributed by atoms with Gasteiger partial charge in [-0.3, -0.25) is 24.4 Å². The number of piperazine rings is 1. The molecule has 0 spiro atoms. The van der Waals surface area contributed by atoms with Gasteiger partial charge in [0.2, 0.25) is 17.7 Å². The molecule has 2 rings (SSSR count). The highest BCUT2D eigenvalue weighted by Gasteiger charge is 2.35. The van der Waals surface area contributed by atoms with E-state index >= 15 is 0 Å². The summed E-state index contributed by atoms with van der Waals surface area (Å²) in [4.78, 5) is 36.9. The molecular formula is C13H19N5O3. The number of aromatic nitrogens is 2. The summed E-state index contributed by atoms with van der Waals surface area (Å²) in [5.74, 6) is -1.23. The molecule has 1 aliphatic rings. The summed E-state index contributed by atoms with van der Waals surface area (Å²) in [5.41, 5.74) is 7.72. The van der Waals surface area contributed by atoms with Crippen molar-refractivity contribution in [3.63, 3.8) is 0 Å². The number of rotatable bonds is 3. The van der Waals surface area contributed by atoms with E-state index in [2.05, 4.69) is 10.4 Å². The lowest BCUT2D eigenvalue weighted by atomic mass is 10.1. The van der Waals surface area contributed by atoms with Crippen LogP contribution in [0.4, 0.5) is 5.69 Å². The standard InChI is InChI=1S/C13H19N5O3/c1-4-9-13(21)15-10(19)5-17(9)11(20)6-18-8(3)12(14)7(2)16-18/h9H,4-6,14H2,1-3H3,(H,15,19,21).